The maximum Gasteiger partial charge on any atom is 0.167 e. The summed E-state index contributed by atoms with van der Waals surface area (Å²) in [5.74, 6) is 2.46. The highest BCUT2D eigenvalue weighted by atomic mass is 15.2. The predicted octanol–water partition coefficient (Wildman–Crippen LogP) is 13.4. The first kappa shape index (κ1) is 35.0. The topological polar surface area (TPSA) is 54.8 Å². The van der Waals surface area contributed by atoms with Crippen LogP contribution in [0.25, 0.3) is 67.5 Å². The van der Waals surface area contributed by atoms with Gasteiger partial charge in [-0.1, -0.05) is 190 Å². The third-order valence-electron chi connectivity index (χ3n) is 11.2. The zero-order chi connectivity index (χ0) is 39.1. The van der Waals surface area contributed by atoms with Crippen LogP contribution in [0.5, 0.6) is 0 Å². The van der Waals surface area contributed by atoms with E-state index in [0.29, 0.717) is 17.5 Å². The van der Waals surface area contributed by atoms with E-state index in [-0.39, 0.29) is 5.41 Å². The lowest BCUT2D eigenvalue weighted by Crippen LogP contribution is -2.31. The van der Waals surface area contributed by atoms with Crippen molar-refractivity contribution >= 4 is 17.2 Å². The van der Waals surface area contributed by atoms with Gasteiger partial charge in [0.2, 0.25) is 0 Å². The third kappa shape index (κ3) is 6.14. The van der Waals surface area contributed by atoms with Gasteiger partial charge in [-0.3, -0.25) is 4.90 Å². The van der Waals surface area contributed by atoms with E-state index < -0.39 is 0 Å². The van der Waals surface area contributed by atoms with Crippen molar-refractivity contribution in [3.8, 4) is 67.5 Å². The summed E-state index contributed by atoms with van der Waals surface area (Å²) in [5.41, 5.74) is 13.5. The van der Waals surface area contributed by atoms with Gasteiger partial charge in [0.1, 0.15) is 5.82 Å². The molecule has 7 aromatic carbocycles. The number of rotatable bonds is 7. The molecule has 0 saturated heterocycles. The van der Waals surface area contributed by atoms with Crippen LogP contribution in [0.15, 0.2) is 200 Å². The number of nitrogens with zero attached hydrogens (tertiary/aromatic N) is 5. The van der Waals surface area contributed by atoms with Gasteiger partial charge in [0.05, 0.1) is 16.9 Å². The highest BCUT2D eigenvalue weighted by Gasteiger charge is 2.38. The van der Waals surface area contributed by atoms with E-state index in [9.17, 15) is 0 Å². The Morgan fingerprint density at radius 2 is 0.793 bits per heavy atom. The summed E-state index contributed by atoms with van der Waals surface area (Å²) in [6.07, 6.45) is 2.02. The summed E-state index contributed by atoms with van der Waals surface area (Å²) >= 11 is 0. The third-order valence-corrected chi connectivity index (χ3v) is 11.2. The fourth-order valence-corrected chi connectivity index (χ4v) is 8.34. The molecule has 5 nitrogen and oxygen atoms in total. The Morgan fingerprint density at radius 1 is 0.379 bits per heavy atom. The van der Waals surface area contributed by atoms with Crippen molar-refractivity contribution in [1.29, 1.82) is 0 Å². The Hall–Kier alpha value is -7.50. The van der Waals surface area contributed by atoms with Gasteiger partial charge in [-0.05, 0) is 57.1 Å². The molecule has 2 aromatic heterocycles. The van der Waals surface area contributed by atoms with Gasteiger partial charge in [0, 0.05) is 28.3 Å². The van der Waals surface area contributed by atoms with Gasteiger partial charge in [0.25, 0.3) is 0 Å². The summed E-state index contributed by atoms with van der Waals surface area (Å²) < 4.78 is 0. The first-order valence-corrected chi connectivity index (χ1v) is 19.7. The van der Waals surface area contributed by atoms with Crippen LogP contribution in [0.2, 0.25) is 0 Å². The lowest BCUT2D eigenvalue weighted by atomic mass is 9.73. The van der Waals surface area contributed by atoms with Gasteiger partial charge in [0.15, 0.2) is 17.5 Å². The van der Waals surface area contributed by atoms with Crippen molar-refractivity contribution in [3.63, 3.8) is 0 Å². The van der Waals surface area contributed by atoms with Crippen molar-refractivity contribution in [2.45, 2.75) is 19.3 Å². The molecule has 1 aliphatic rings. The first-order valence-electron chi connectivity index (χ1n) is 19.7. The van der Waals surface area contributed by atoms with E-state index in [4.69, 9.17) is 19.9 Å². The van der Waals surface area contributed by atoms with E-state index >= 15 is 0 Å². The SMILES string of the molecule is CC1(C)c2ccccc2N(c2ncc(-c3c(-c4ccccc4)cccc3-c3ccccc3)cc2-c2nc(-c3ccccc3)nc(-c3ccccc3)n2)c2ccccc21. The summed E-state index contributed by atoms with van der Waals surface area (Å²) in [5, 5.41) is 0. The van der Waals surface area contributed by atoms with Gasteiger partial charge in [-0.25, -0.2) is 19.9 Å². The summed E-state index contributed by atoms with van der Waals surface area (Å²) in [6.45, 7) is 4.60. The Bertz CT molecular complexity index is 2740. The summed E-state index contributed by atoms with van der Waals surface area (Å²) in [4.78, 5) is 23.5. The van der Waals surface area contributed by atoms with E-state index in [2.05, 4.69) is 152 Å². The van der Waals surface area contributed by atoms with Gasteiger partial charge in [-0.2, -0.15) is 0 Å². The molecule has 58 heavy (non-hydrogen) atoms. The minimum absolute atomic E-state index is 0.239. The fourth-order valence-electron chi connectivity index (χ4n) is 8.34. The number of hydrogen-bond acceptors (Lipinski definition) is 5. The largest absolute Gasteiger partial charge is 0.294 e. The average molecular weight is 746 g/mol. The lowest BCUT2D eigenvalue weighted by molar-refractivity contribution is 0.631. The van der Waals surface area contributed by atoms with Crippen LogP contribution < -0.4 is 4.90 Å². The van der Waals surface area contributed by atoms with E-state index in [1.54, 1.807) is 0 Å². The monoisotopic (exact) mass is 745 g/mol. The molecule has 0 unspecified atom stereocenters. The zero-order valence-electron chi connectivity index (χ0n) is 32.3. The van der Waals surface area contributed by atoms with Crippen LogP contribution in [-0.4, -0.2) is 19.9 Å². The molecule has 0 atom stereocenters. The van der Waals surface area contributed by atoms with Crippen LogP contribution in [0.4, 0.5) is 17.2 Å². The number of benzene rings is 7. The number of anilines is 3. The van der Waals surface area contributed by atoms with Crippen LogP contribution in [-0.2, 0) is 5.41 Å². The predicted molar refractivity (Wildman–Crippen MR) is 237 cm³/mol. The lowest BCUT2D eigenvalue weighted by Gasteiger charge is -2.41. The second-order valence-corrected chi connectivity index (χ2v) is 15.1. The Balaban J connectivity index is 1.30. The molecular formula is C53H39N5. The Labute approximate surface area is 339 Å². The molecule has 0 bridgehead atoms. The second kappa shape index (κ2) is 14.5. The standard InChI is InChI=1S/C53H39N5/c1-53(2)44-30-15-17-32-46(44)58(47-33-18-16-31-45(47)53)52-43(51-56-49(38-24-11-5-12-25-38)55-50(57-51)39-26-13-6-14-27-39)34-40(35-54-52)48-41(36-20-7-3-8-21-36)28-19-29-42(48)37-22-9-4-10-23-37/h3-35H,1-2H3. The molecule has 0 N–H and O–H groups in total. The molecular weight excluding hydrogens is 707 g/mol. The van der Waals surface area contributed by atoms with E-state index in [1.807, 2.05) is 66.9 Å². The quantitative estimate of drug-likeness (QED) is 0.163. The van der Waals surface area contributed by atoms with Crippen molar-refractivity contribution in [3.05, 3.63) is 211 Å². The smallest absolute Gasteiger partial charge is 0.167 e. The molecule has 10 rings (SSSR count). The van der Waals surface area contributed by atoms with Crippen LogP contribution in [0.3, 0.4) is 0 Å². The number of pyridine rings is 1. The molecule has 276 valence electrons. The molecule has 0 aliphatic carbocycles. The van der Waals surface area contributed by atoms with Gasteiger partial charge >= 0.3 is 0 Å². The maximum absolute atomic E-state index is 5.50. The molecule has 5 heteroatoms. The first-order chi connectivity index (χ1) is 28.5. The normalized spacial score (nSPS) is 12.8. The van der Waals surface area contributed by atoms with Crippen molar-refractivity contribution in [2.75, 3.05) is 4.90 Å². The second-order valence-electron chi connectivity index (χ2n) is 15.1. The highest BCUT2D eigenvalue weighted by molar-refractivity contribution is 5.97. The molecule has 9 aromatic rings. The van der Waals surface area contributed by atoms with Crippen molar-refractivity contribution in [2.24, 2.45) is 0 Å². The molecule has 0 radical (unpaired) electrons. The average Bonchev–Trinajstić information content (AvgIpc) is 3.30. The molecule has 1 aliphatic heterocycles. The molecule has 0 spiro atoms. The minimum atomic E-state index is -0.239. The Kier molecular flexibility index (Phi) is 8.76. The molecule has 0 saturated carbocycles. The van der Waals surface area contributed by atoms with E-state index in [0.717, 1.165) is 67.3 Å². The van der Waals surface area contributed by atoms with Crippen molar-refractivity contribution < 1.29 is 0 Å². The number of para-hydroxylation sites is 2. The van der Waals surface area contributed by atoms with Crippen LogP contribution >= 0.6 is 0 Å². The molecule has 0 amide bonds. The maximum atomic E-state index is 5.50. The van der Waals surface area contributed by atoms with Gasteiger partial charge in [-0.15, -0.1) is 0 Å². The highest BCUT2D eigenvalue weighted by Crippen LogP contribution is 2.53. The fraction of sp³-hybridized carbons (Fsp3) is 0.0566. The van der Waals surface area contributed by atoms with Gasteiger partial charge < -0.3 is 0 Å². The minimum Gasteiger partial charge on any atom is -0.294 e. The Morgan fingerprint density at radius 3 is 1.28 bits per heavy atom. The molecule has 0 fully saturated rings. The van der Waals surface area contributed by atoms with E-state index in [1.165, 1.54) is 11.1 Å². The number of fused-ring (bicyclic) bond motifs is 2. The number of aromatic nitrogens is 4. The molecule has 3 heterocycles. The van der Waals surface area contributed by atoms with Crippen LogP contribution in [0, 0.1) is 0 Å². The van der Waals surface area contributed by atoms with Crippen LogP contribution in [0.1, 0.15) is 25.0 Å². The van der Waals surface area contributed by atoms with Crippen molar-refractivity contribution in [1.82, 2.24) is 19.9 Å². The number of hydrogen-bond donors (Lipinski definition) is 0. The zero-order valence-corrected chi connectivity index (χ0v) is 32.3. The summed E-state index contributed by atoms with van der Waals surface area (Å²) in [6, 6.07) is 67.6. The summed E-state index contributed by atoms with van der Waals surface area (Å²) in [7, 11) is 0.